The number of rotatable bonds is 6. The summed E-state index contributed by atoms with van der Waals surface area (Å²) in [6.45, 7) is 1.81. The Labute approximate surface area is 98.3 Å². The Kier molecular flexibility index (Phi) is 5.83. The molecule has 0 aromatic rings. The maximum Gasteiger partial charge on any atom is 0.460 e. The Morgan fingerprint density at radius 3 is 1.94 bits per heavy atom. The van der Waals surface area contributed by atoms with E-state index in [2.05, 4.69) is 0 Å². The van der Waals surface area contributed by atoms with E-state index in [1.807, 2.05) is 0 Å². The zero-order valence-corrected chi connectivity index (χ0v) is 9.65. The molecule has 0 aromatic heterocycles. The second-order valence-electron chi connectivity index (χ2n) is 3.08. The molecule has 102 valence electrons. The summed E-state index contributed by atoms with van der Waals surface area (Å²) >= 11 is 1.37. The van der Waals surface area contributed by atoms with Gasteiger partial charge in [-0.2, -0.15) is 42.5 Å². The number of allylic oxidation sites excluding steroid dienone is 2. The lowest BCUT2D eigenvalue weighted by atomic mass is 10.1. The zero-order valence-electron chi connectivity index (χ0n) is 8.83. The van der Waals surface area contributed by atoms with Crippen LogP contribution in [-0.2, 0) is 0 Å². The number of alkyl halides is 7. The number of hydrogen-bond acceptors (Lipinski definition) is 1. The molecular formula is C9H11F7S. The lowest BCUT2D eigenvalue weighted by molar-refractivity contribution is -0.341. The van der Waals surface area contributed by atoms with Crippen LogP contribution in [0.25, 0.3) is 0 Å². The molecule has 0 spiro atoms. The molecule has 0 rings (SSSR count). The van der Waals surface area contributed by atoms with Crippen LogP contribution in [0.5, 0.6) is 0 Å². The number of hydrogen-bond donors (Lipinski definition) is 0. The van der Waals surface area contributed by atoms with Gasteiger partial charge in [-0.1, -0.05) is 13.0 Å². The first-order valence-electron chi connectivity index (χ1n) is 4.64. The summed E-state index contributed by atoms with van der Waals surface area (Å²) in [5.41, 5.74) is 0. The Morgan fingerprint density at radius 1 is 1.00 bits per heavy atom. The minimum Gasteiger partial charge on any atom is -0.195 e. The van der Waals surface area contributed by atoms with E-state index in [9.17, 15) is 30.7 Å². The van der Waals surface area contributed by atoms with E-state index >= 15 is 0 Å². The molecule has 0 heterocycles. The van der Waals surface area contributed by atoms with Crippen molar-refractivity contribution in [3.8, 4) is 0 Å². The van der Waals surface area contributed by atoms with E-state index in [-0.39, 0.29) is 12.5 Å². The van der Waals surface area contributed by atoms with Gasteiger partial charge in [0.15, 0.2) is 0 Å². The average molecular weight is 284 g/mol. The standard InChI is InChI=1S/C9H11F7S/c1-2-17-6-4-3-5-7(10,11)8(12,13)9(14,15)16/h3,5H,2,4,6H2,1H3/b5-3+. The van der Waals surface area contributed by atoms with Crippen LogP contribution in [0.2, 0.25) is 0 Å². The van der Waals surface area contributed by atoms with Gasteiger partial charge >= 0.3 is 18.0 Å². The van der Waals surface area contributed by atoms with Crippen molar-refractivity contribution in [2.75, 3.05) is 11.5 Å². The van der Waals surface area contributed by atoms with Gasteiger partial charge in [0.2, 0.25) is 0 Å². The molecule has 0 aliphatic carbocycles. The molecule has 0 aliphatic heterocycles. The van der Waals surface area contributed by atoms with Crippen molar-refractivity contribution in [3.63, 3.8) is 0 Å². The average Bonchev–Trinajstić information content (AvgIpc) is 2.15. The van der Waals surface area contributed by atoms with Crippen molar-refractivity contribution in [2.24, 2.45) is 0 Å². The second kappa shape index (κ2) is 5.97. The number of halogens is 7. The predicted octanol–water partition coefficient (Wildman–Crippen LogP) is 4.52. The van der Waals surface area contributed by atoms with E-state index in [4.69, 9.17) is 0 Å². The maximum atomic E-state index is 12.6. The summed E-state index contributed by atoms with van der Waals surface area (Å²) in [7, 11) is 0. The van der Waals surface area contributed by atoms with Gasteiger partial charge in [-0.3, -0.25) is 0 Å². The van der Waals surface area contributed by atoms with Gasteiger partial charge in [0.1, 0.15) is 0 Å². The molecule has 17 heavy (non-hydrogen) atoms. The van der Waals surface area contributed by atoms with Gasteiger partial charge in [-0.15, -0.1) is 0 Å². The summed E-state index contributed by atoms with van der Waals surface area (Å²) in [6.07, 6.45) is -5.99. The lowest BCUT2D eigenvalue weighted by Crippen LogP contribution is -2.50. The van der Waals surface area contributed by atoms with Crippen LogP contribution in [-0.4, -0.2) is 29.5 Å². The summed E-state index contributed by atoms with van der Waals surface area (Å²) in [4.78, 5) is 0. The molecule has 0 atom stereocenters. The molecule has 0 saturated carbocycles. The van der Waals surface area contributed by atoms with Crippen LogP contribution in [0.3, 0.4) is 0 Å². The second-order valence-corrected chi connectivity index (χ2v) is 4.48. The predicted molar refractivity (Wildman–Crippen MR) is 52.7 cm³/mol. The summed E-state index contributed by atoms with van der Waals surface area (Å²) in [5, 5.41) is 0. The quantitative estimate of drug-likeness (QED) is 0.392. The smallest absolute Gasteiger partial charge is 0.195 e. The SMILES string of the molecule is CCSCC/C=C/C(F)(F)C(F)(F)C(F)(F)F. The summed E-state index contributed by atoms with van der Waals surface area (Å²) in [6, 6.07) is 0. The molecule has 0 fully saturated rings. The van der Waals surface area contributed by atoms with Crippen LogP contribution >= 0.6 is 11.8 Å². The highest BCUT2D eigenvalue weighted by Gasteiger charge is 2.71. The minimum atomic E-state index is -6.26. The topological polar surface area (TPSA) is 0 Å². The van der Waals surface area contributed by atoms with E-state index in [1.165, 1.54) is 11.8 Å². The van der Waals surface area contributed by atoms with E-state index in [1.54, 1.807) is 6.92 Å². The summed E-state index contributed by atoms with van der Waals surface area (Å²) < 4.78 is 85.1. The fourth-order valence-electron chi connectivity index (χ4n) is 0.821. The minimum absolute atomic E-state index is 0.0159. The third-order valence-corrected chi connectivity index (χ3v) is 2.67. The third-order valence-electron chi connectivity index (χ3n) is 1.73. The third kappa shape index (κ3) is 4.40. The zero-order chi connectivity index (χ0) is 13.7. The molecule has 0 radical (unpaired) electrons. The van der Waals surface area contributed by atoms with Crippen molar-refractivity contribution >= 4 is 11.8 Å². The van der Waals surface area contributed by atoms with Crippen LogP contribution in [0.15, 0.2) is 12.2 Å². The monoisotopic (exact) mass is 284 g/mol. The maximum absolute atomic E-state index is 12.6. The van der Waals surface area contributed by atoms with Crippen molar-refractivity contribution in [3.05, 3.63) is 12.2 Å². The number of thioether (sulfide) groups is 1. The van der Waals surface area contributed by atoms with Crippen molar-refractivity contribution in [2.45, 2.75) is 31.4 Å². The van der Waals surface area contributed by atoms with Crippen molar-refractivity contribution in [1.82, 2.24) is 0 Å². The van der Waals surface area contributed by atoms with E-state index in [0.29, 0.717) is 17.6 Å². The van der Waals surface area contributed by atoms with Crippen LogP contribution in [0.4, 0.5) is 30.7 Å². The normalized spacial score (nSPS) is 14.6. The highest BCUT2D eigenvalue weighted by atomic mass is 32.2. The molecule has 0 bridgehead atoms. The van der Waals surface area contributed by atoms with Gasteiger partial charge in [0.25, 0.3) is 0 Å². The van der Waals surface area contributed by atoms with Gasteiger partial charge in [-0.25, -0.2) is 0 Å². The Bertz CT molecular complexity index is 257. The van der Waals surface area contributed by atoms with Gasteiger partial charge in [0.05, 0.1) is 0 Å². The van der Waals surface area contributed by atoms with Crippen molar-refractivity contribution in [1.29, 1.82) is 0 Å². The Hall–Kier alpha value is -0.400. The molecular weight excluding hydrogens is 273 g/mol. The van der Waals surface area contributed by atoms with Gasteiger partial charge < -0.3 is 0 Å². The van der Waals surface area contributed by atoms with E-state index < -0.39 is 18.0 Å². The largest absolute Gasteiger partial charge is 0.460 e. The molecule has 8 heteroatoms. The molecule has 0 N–H and O–H groups in total. The summed E-state index contributed by atoms with van der Waals surface area (Å²) in [5.74, 6) is -10.2. The molecule has 0 nitrogen and oxygen atoms in total. The van der Waals surface area contributed by atoms with Crippen LogP contribution in [0, 0.1) is 0 Å². The molecule has 0 aliphatic rings. The first kappa shape index (κ1) is 16.6. The van der Waals surface area contributed by atoms with Crippen molar-refractivity contribution < 1.29 is 30.7 Å². The van der Waals surface area contributed by atoms with Crippen LogP contribution in [0.1, 0.15) is 13.3 Å². The lowest BCUT2D eigenvalue weighted by Gasteiger charge is -2.25. The Balaban J connectivity index is 4.56. The fraction of sp³-hybridized carbons (Fsp3) is 0.778. The Morgan fingerprint density at radius 2 is 1.53 bits per heavy atom. The fourth-order valence-corrected chi connectivity index (χ4v) is 1.41. The highest BCUT2D eigenvalue weighted by Crippen LogP contribution is 2.47. The first-order valence-corrected chi connectivity index (χ1v) is 5.79. The molecule has 0 aromatic carbocycles. The van der Waals surface area contributed by atoms with Gasteiger partial charge in [0, 0.05) is 0 Å². The first-order chi connectivity index (χ1) is 7.56. The molecule has 0 saturated heterocycles. The molecule has 0 amide bonds. The van der Waals surface area contributed by atoms with E-state index in [0.717, 1.165) is 0 Å². The highest BCUT2D eigenvalue weighted by molar-refractivity contribution is 7.99. The molecule has 0 unspecified atom stereocenters. The van der Waals surface area contributed by atoms with Crippen LogP contribution < -0.4 is 0 Å². The van der Waals surface area contributed by atoms with Gasteiger partial charge in [-0.05, 0) is 24.0 Å².